The molecule has 21 heavy (non-hydrogen) atoms. The highest BCUT2D eigenvalue weighted by Gasteiger charge is 2.16. The summed E-state index contributed by atoms with van der Waals surface area (Å²) < 4.78 is 5.78. The first kappa shape index (κ1) is 16.1. The van der Waals surface area contributed by atoms with Crippen LogP contribution in [-0.2, 0) is 0 Å². The van der Waals surface area contributed by atoms with Gasteiger partial charge in [-0.2, -0.15) is 0 Å². The van der Waals surface area contributed by atoms with Crippen molar-refractivity contribution in [2.45, 2.75) is 12.8 Å². The van der Waals surface area contributed by atoms with E-state index in [1.54, 1.807) is 0 Å². The Morgan fingerprint density at radius 3 is 3.00 bits per heavy atom. The number of ether oxygens (including phenoxy) is 1. The molecular weight excluding hydrogens is 262 g/mol. The maximum absolute atomic E-state index is 5.78. The molecule has 118 valence electrons. The zero-order valence-electron chi connectivity index (χ0n) is 13.6. The lowest BCUT2D eigenvalue weighted by Gasteiger charge is -2.30. The molecule has 1 aromatic carbocycles. The number of likely N-dealkylation sites (tertiary alicyclic amines) is 1. The van der Waals surface area contributed by atoms with E-state index in [0.29, 0.717) is 0 Å². The van der Waals surface area contributed by atoms with Gasteiger partial charge in [0.25, 0.3) is 0 Å². The fourth-order valence-electron chi connectivity index (χ4n) is 2.74. The summed E-state index contributed by atoms with van der Waals surface area (Å²) in [6, 6.07) is 8.29. The number of nitrogens with zero attached hydrogens (tertiary/aromatic N) is 2. The molecule has 0 aromatic heterocycles. The van der Waals surface area contributed by atoms with Crippen LogP contribution in [-0.4, -0.2) is 63.7 Å². The van der Waals surface area contributed by atoms with E-state index < -0.39 is 0 Å². The average molecular weight is 291 g/mol. The minimum absolute atomic E-state index is 0.726. The van der Waals surface area contributed by atoms with E-state index in [1.807, 2.05) is 6.07 Å². The summed E-state index contributed by atoms with van der Waals surface area (Å²) in [6.07, 6.45) is 2.65. The molecule has 1 aromatic rings. The maximum atomic E-state index is 5.78. The van der Waals surface area contributed by atoms with Crippen LogP contribution in [0.25, 0.3) is 0 Å². The average Bonchev–Trinajstić information content (AvgIpc) is 2.45. The number of anilines is 1. The fourth-order valence-corrected chi connectivity index (χ4v) is 2.74. The molecular formula is C17H29N3O. The normalized spacial score (nSPS) is 19.7. The molecule has 0 saturated carbocycles. The van der Waals surface area contributed by atoms with Gasteiger partial charge in [0.05, 0.1) is 0 Å². The third-order valence-electron chi connectivity index (χ3n) is 3.96. The van der Waals surface area contributed by atoms with Gasteiger partial charge in [-0.25, -0.2) is 0 Å². The second kappa shape index (κ2) is 8.25. The number of likely N-dealkylation sites (N-methyl/N-ethyl adjacent to an activating group) is 1. The number of hydrogen-bond acceptors (Lipinski definition) is 4. The smallest absolute Gasteiger partial charge is 0.121 e. The van der Waals surface area contributed by atoms with Gasteiger partial charge in [-0.15, -0.1) is 0 Å². The van der Waals surface area contributed by atoms with E-state index in [4.69, 9.17) is 4.74 Å². The number of nitrogens with one attached hydrogen (secondary N) is 1. The zero-order valence-corrected chi connectivity index (χ0v) is 13.6. The van der Waals surface area contributed by atoms with Crippen molar-refractivity contribution in [3.63, 3.8) is 0 Å². The van der Waals surface area contributed by atoms with Crippen LogP contribution in [0.2, 0.25) is 0 Å². The van der Waals surface area contributed by atoms with Gasteiger partial charge in [-0.3, -0.25) is 0 Å². The molecule has 0 radical (unpaired) electrons. The molecule has 1 aliphatic heterocycles. The van der Waals surface area contributed by atoms with Crippen LogP contribution >= 0.6 is 0 Å². The molecule has 1 aliphatic rings. The van der Waals surface area contributed by atoms with Crippen molar-refractivity contribution < 1.29 is 4.74 Å². The SMILES string of the molecule is CN(C)CCOc1cccc(NCC2CCCN(C)C2)c1. The van der Waals surface area contributed by atoms with Crippen LogP contribution in [0.5, 0.6) is 5.75 Å². The highest BCUT2D eigenvalue weighted by Crippen LogP contribution is 2.20. The predicted octanol–water partition coefficient (Wildman–Crippen LogP) is 2.38. The number of rotatable bonds is 7. The third kappa shape index (κ3) is 5.94. The summed E-state index contributed by atoms with van der Waals surface area (Å²) in [5.41, 5.74) is 1.16. The minimum atomic E-state index is 0.726. The van der Waals surface area contributed by atoms with Crippen molar-refractivity contribution in [1.82, 2.24) is 9.80 Å². The summed E-state index contributed by atoms with van der Waals surface area (Å²) in [4.78, 5) is 4.55. The Bertz CT molecular complexity index is 422. The predicted molar refractivity (Wildman–Crippen MR) is 89.2 cm³/mol. The highest BCUT2D eigenvalue weighted by atomic mass is 16.5. The summed E-state index contributed by atoms with van der Waals surface area (Å²) in [7, 11) is 6.33. The van der Waals surface area contributed by atoms with Crippen LogP contribution in [0, 0.1) is 5.92 Å². The van der Waals surface area contributed by atoms with Gasteiger partial charge < -0.3 is 19.9 Å². The monoisotopic (exact) mass is 291 g/mol. The number of hydrogen-bond donors (Lipinski definition) is 1. The molecule has 4 heteroatoms. The summed E-state index contributed by atoms with van der Waals surface area (Å²) >= 11 is 0. The second-order valence-electron chi connectivity index (χ2n) is 6.33. The Hall–Kier alpha value is -1.26. The van der Waals surface area contributed by atoms with E-state index in [-0.39, 0.29) is 0 Å². The van der Waals surface area contributed by atoms with Crippen LogP contribution in [0.15, 0.2) is 24.3 Å². The molecule has 1 N–H and O–H groups in total. The fraction of sp³-hybridized carbons (Fsp3) is 0.647. The lowest BCUT2D eigenvalue weighted by molar-refractivity contribution is 0.217. The van der Waals surface area contributed by atoms with Crippen LogP contribution in [0.4, 0.5) is 5.69 Å². The topological polar surface area (TPSA) is 27.7 Å². The van der Waals surface area contributed by atoms with Crippen LogP contribution < -0.4 is 10.1 Å². The first-order chi connectivity index (χ1) is 10.1. The van der Waals surface area contributed by atoms with Gasteiger partial charge >= 0.3 is 0 Å². The van der Waals surface area contributed by atoms with Crippen molar-refractivity contribution in [2.75, 3.05) is 59.2 Å². The second-order valence-corrected chi connectivity index (χ2v) is 6.33. The van der Waals surface area contributed by atoms with Gasteiger partial charge in [-0.1, -0.05) is 6.07 Å². The summed E-state index contributed by atoms with van der Waals surface area (Å²) in [6.45, 7) is 5.15. The maximum Gasteiger partial charge on any atom is 0.121 e. The Labute approximate surface area is 129 Å². The van der Waals surface area contributed by atoms with E-state index >= 15 is 0 Å². The number of benzene rings is 1. The molecule has 1 unspecified atom stereocenters. The van der Waals surface area contributed by atoms with E-state index in [9.17, 15) is 0 Å². The molecule has 1 saturated heterocycles. The van der Waals surface area contributed by atoms with Gasteiger partial charge in [-0.05, 0) is 58.6 Å². The standard InChI is InChI=1S/C17H29N3O/c1-19(2)10-11-21-17-8-4-7-16(12-17)18-13-15-6-5-9-20(3)14-15/h4,7-8,12,15,18H,5-6,9-11,13-14H2,1-3H3. The molecule has 0 bridgehead atoms. The summed E-state index contributed by atoms with van der Waals surface area (Å²) in [5.74, 6) is 1.70. The molecule has 0 amide bonds. The molecule has 0 aliphatic carbocycles. The van der Waals surface area contributed by atoms with E-state index in [2.05, 4.69) is 54.5 Å². The van der Waals surface area contributed by atoms with Crippen molar-refractivity contribution >= 4 is 5.69 Å². The van der Waals surface area contributed by atoms with Crippen molar-refractivity contribution in [2.24, 2.45) is 5.92 Å². The molecule has 4 nitrogen and oxygen atoms in total. The molecule has 2 rings (SSSR count). The molecule has 1 fully saturated rings. The molecule has 1 heterocycles. The lowest BCUT2D eigenvalue weighted by Crippen LogP contribution is -2.35. The number of piperidine rings is 1. The first-order valence-electron chi connectivity index (χ1n) is 7.93. The van der Waals surface area contributed by atoms with Crippen molar-refractivity contribution in [3.8, 4) is 5.75 Å². The Kier molecular flexibility index (Phi) is 6.33. The van der Waals surface area contributed by atoms with Crippen molar-refractivity contribution in [1.29, 1.82) is 0 Å². The van der Waals surface area contributed by atoms with Gasteiger partial charge in [0.15, 0.2) is 0 Å². The van der Waals surface area contributed by atoms with Gasteiger partial charge in [0.2, 0.25) is 0 Å². The molecule has 1 atom stereocenters. The Morgan fingerprint density at radius 1 is 1.38 bits per heavy atom. The minimum Gasteiger partial charge on any atom is -0.492 e. The van der Waals surface area contributed by atoms with Crippen LogP contribution in [0.1, 0.15) is 12.8 Å². The lowest BCUT2D eigenvalue weighted by atomic mass is 9.98. The van der Waals surface area contributed by atoms with E-state index in [0.717, 1.165) is 37.1 Å². The Balaban J connectivity index is 1.77. The quantitative estimate of drug-likeness (QED) is 0.835. The highest BCUT2D eigenvalue weighted by molar-refractivity contribution is 5.48. The van der Waals surface area contributed by atoms with Crippen LogP contribution in [0.3, 0.4) is 0 Å². The summed E-state index contributed by atoms with van der Waals surface area (Å²) in [5, 5.41) is 3.56. The first-order valence-corrected chi connectivity index (χ1v) is 7.93. The Morgan fingerprint density at radius 2 is 2.24 bits per heavy atom. The largest absolute Gasteiger partial charge is 0.492 e. The zero-order chi connectivity index (χ0) is 15.1. The third-order valence-corrected chi connectivity index (χ3v) is 3.96. The van der Waals surface area contributed by atoms with Crippen molar-refractivity contribution in [3.05, 3.63) is 24.3 Å². The van der Waals surface area contributed by atoms with E-state index in [1.165, 1.54) is 25.9 Å². The van der Waals surface area contributed by atoms with Gasteiger partial charge in [0.1, 0.15) is 12.4 Å². The van der Waals surface area contributed by atoms with Gasteiger partial charge in [0, 0.05) is 31.4 Å². The molecule has 0 spiro atoms.